The highest BCUT2D eigenvalue weighted by Gasteiger charge is 2.36. The van der Waals surface area contributed by atoms with Gasteiger partial charge in [0.05, 0.1) is 4.90 Å². The van der Waals surface area contributed by atoms with Crippen LogP contribution in [0.1, 0.15) is 52.5 Å². The van der Waals surface area contributed by atoms with Crippen molar-refractivity contribution in [1.29, 1.82) is 0 Å². The van der Waals surface area contributed by atoms with Crippen molar-refractivity contribution in [2.45, 2.75) is 70.9 Å². The van der Waals surface area contributed by atoms with Gasteiger partial charge in [0.2, 0.25) is 21.8 Å². The predicted molar refractivity (Wildman–Crippen MR) is 128 cm³/mol. The first kappa shape index (κ1) is 27.8. The summed E-state index contributed by atoms with van der Waals surface area (Å²) in [6, 6.07) is 4.57. The monoisotopic (exact) mass is 495 g/mol. The molecule has 2 amide bonds. The molecule has 190 valence electrons. The standard InChI is InChI=1S/C24H37N3O6S/c1-6-17(5)21(26-34(32,33)19-9-7-16(4)8-10-19)23(29)27-13-11-18(12-14-27)22(28)25-20(15(2)3)24(30)31/h7-10,15,17-18,20-21,26H,6,11-14H2,1-5H3,(H,25,28)(H,30,31)/t17-,20-,21+/m0/s1. The molecule has 2 rings (SSSR count). The minimum absolute atomic E-state index is 0.104. The summed E-state index contributed by atoms with van der Waals surface area (Å²) in [6.07, 6.45) is 1.39. The second kappa shape index (κ2) is 11.8. The largest absolute Gasteiger partial charge is 0.480 e. The molecule has 0 unspecified atom stereocenters. The molecule has 1 aromatic rings. The number of carbonyl (C=O) groups is 3. The van der Waals surface area contributed by atoms with E-state index in [1.807, 2.05) is 20.8 Å². The van der Waals surface area contributed by atoms with Crippen LogP contribution in [0.15, 0.2) is 29.2 Å². The molecule has 0 spiro atoms. The van der Waals surface area contributed by atoms with Crippen LogP contribution in [-0.4, -0.2) is 61.4 Å². The van der Waals surface area contributed by atoms with Crippen molar-refractivity contribution in [2.24, 2.45) is 17.8 Å². The lowest BCUT2D eigenvalue weighted by Gasteiger charge is -2.35. The number of aliphatic carboxylic acids is 1. The number of amides is 2. The van der Waals surface area contributed by atoms with Crippen LogP contribution in [0.5, 0.6) is 0 Å². The number of hydrogen-bond donors (Lipinski definition) is 3. The summed E-state index contributed by atoms with van der Waals surface area (Å²) >= 11 is 0. The number of aryl methyl sites for hydroxylation is 1. The SMILES string of the molecule is CC[C@H](C)[C@@H](NS(=O)(=O)c1ccc(C)cc1)C(=O)N1CCC(C(=O)N[C@H](C(=O)O)C(C)C)CC1. The number of rotatable bonds is 10. The minimum atomic E-state index is -3.89. The van der Waals surface area contributed by atoms with Gasteiger partial charge in [-0.25, -0.2) is 13.2 Å². The van der Waals surface area contributed by atoms with Crippen molar-refractivity contribution >= 4 is 27.8 Å². The molecule has 1 fully saturated rings. The number of sulfonamides is 1. The van der Waals surface area contributed by atoms with E-state index in [9.17, 15) is 27.9 Å². The van der Waals surface area contributed by atoms with Crippen molar-refractivity contribution in [3.8, 4) is 0 Å². The van der Waals surface area contributed by atoms with Crippen molar-refractivity contribution in [2.75, 3.05) is 13.1 Å². The molecule has 1 aliphatic rings. The van der Waals surface area contributed by atoms with E-state index in [-0.39, 0.29) is 28.5 Å². The van der Waals surface area contributed by atoms with Crippen LogP contribution < -0.4 is 10.0 Å². The summed E-state index contributed by atoms with van der Waals surface area (Å²) in [4.78, 5) is 39.0. The number of piperidine rings is 1. The summed E-state index contributed by atoms with van der Waals surface area (Å²) in [5.41, 5.74) is 0.934. The molecule has 1 aliphatic heterocycles. The van der Waals surface area contributed by atoms with E-state index in [0.29, 0.717) is 32.4 Å². The summed E-state index contributed by atoms with van der Waals surface area (Å²) in [7, 11) is -3.89. The van der Waals surface area contributed by atoms with E-state index in [2.05, 4.69) is 10.0 Å². The van der Waals surface area contributed by atoms with Crippen LogP contribution in [0, 0.1) is 24.7 Å². The maximum absolute atomic E-state index is 13.3. The fraction of sp³-hybridized carbons (Fsp3) is 0.625. The first-order valence-electron chi connectivity index (χ1n) is 11.8. The third kappa shape index (κ3) is 7.02. The molecule has 1 heterocycles. The van der Waals surface area contributed by atoms with Crippen molar-refractivity contribution < 1.29 is 27.9 Å². The van der Waals surface area contributed by atoms with Crippen LogP contribution in [0.4, 0.5) is 0 Å². The Morgan fingerprint density at radius 3 is 2.09 bits per heavy atom. The summed E-state index contributed by atoms with van der Waals surface area (Å²) in [6.45, 7) is 9.66. The predicted octanol–water partition coefficient (Wildman–Crippen LogP) is 2.15. The van der Waals surface area contributed by atoms with Gasteiger partial charge in [-0.3, -0.25) is 9.59 Å². The van der Waals surface area contributed by atoms with E-state index in [0.717, 1.165) is 5.56 Å². The summed E-state index contributed by atoms with van der Waals surface area (Å²) < 4.78 is 28.5. The zero-order valence-corrected chi connectivity index (χ0v) is 21.4. The van der Waals surface area contributed by atoms with Gasteiger partial charge in [0.1, 0.15) is 12.1 Å². The molecule has 0 saturated carbocycles. The molecular weight excluding hydrogens is 458 g/mol. The zero-order valence-electron chi connectivity index (χ0n) is 20.6. The molecule has 1 aromatic carbocycles. The van der Waals surface area contributed by atoms with Gasteiger partial charge in [0.15, 0.2) is 0 Å². The van der Waals surface area contributed by atoms with E-state index in [1.165, 1.54) is 12.1 Å². The molecule has 34 heavy (non-hydrogen) atoms. The number of nitrogens with zero attached hydrogens (tertiary/aromatic N) is 1. The number of carbonyl (C=O) groups excluding carboxylic acids is 2. The Kier molecular flexibility index (Phi) is 9.64. The van der Waals surface area contributed by atoms with Gasteiger partial charge in [-0.2, -0.15) is 4.72 Å². The Morgan fingerprint density at radius 2 is 1.62 bits per heavy atom. The van der Waals surface area contributed by atoms with Crippen LogP contribution in [0.2, 0.25) is 0 Å². The lowest BCUT2D eigenvalue weighted by Crippen LogP contribution is -2.54. The van der Waals surface area contributed by atoms with Gasteiger partial charge >= 0.3 is 5.97 Å². The average Bonchev–Trinajstić information content (AvgIpc) is 2.79. The van der Waals surface area contributed by atoms with Crippen LogP contribution in [0.3, 0.4) is 0 Å². The van der Waals surface area contributed by atoms with Gasteiger partial charge < -0.3 is 15.3 Å². The molecule has 0 radical (unpaired) electrons. The molecule has 0 aromatic heterocycles. The second-order valence-electron chi connectivity index (χ2n) is 9.47. The van der Waals surface area contributed by atoms with Gasteiger partial charge in [0.25, 0.3) is 0 Å². The smallest absolute Gasteiger partial charge is 0.326 e. The first-order chi connectivity index (χ1) is 15.9. The Balaban J connectivity index is 2.07. The van der Waals surface area contributed by atoms with Crippen molar-refractivity contribution in [3.05, 3.63) is 29.8 Å². The molecule has 3 atom stereocenters. The number of likely N-dealkylation sites (tertiary alicyclic amines) is 1. The minimum Gasteiger partial charge on any atom is -0.480 e. The highest BCUT2D eigenvalue weighted by Crippen LogP contribution is 2.22. The Bertz CT molecular complexity index is 969. The summed E-state index contributed by atoms with van der Waals surface area (Å²) in [5, 5.41) is 11.9. The highest BCUT2D eigenvalue weighted by atomic mass is 32.2. The number of hydrogen-bond acceptors (Lipinski definition) is 5. The molecule has 1 saturated heterocycles. The van der Waals surface area contributed by atoms with Gasteiger partial charge in [-0.05, 0) is 43.7 Å². The van der Waals surface area contributed by atoms with E-state index in [4.69, 9.17) is 0 Å². The normalized spacial score (nSPS) is 17.8. The Labute approximate surface area is 202 Å². The molecule has 9 nitrogen and oxygen atoms in total. The van der Waals surface area contributed by atoms with E-state index in [1.54, 1.807) is 30.9 Å². The first-order valence-corrected chi connectivity index (χ1v) is 13.3. The number of nitrogens with one attached hydrogen (secondary N) is 2. The molecular formula is C24H37N3O6S. The van der Waals surface area contributed by atoms with Gasteiger partial charge in [-0.15, -0.1) is 0 Å². The zero-order chi connectivity index (χ0) is 25.6. The quantitative estimate of drug-likeness (QED) is 0.456. The number of benzene rings is 1. The maximum atomic E-state index is 13.3. The topological polar surface area (TPSA) is 133 Å². The second-order valence-corrected chi connectivity index (χ2v) is 11.2. The molecule has 0 aliphatic carbocycles. The van der Waals surface area contributed by atoms with Crippen molar-refractivity contribution in [1.82, 2.24) is 14.9 Å². The molecule has 3 N–H and O–H groups in total. The summed E-state index contributed by atoms with van der Waals surface area (Å²) in [5.74, 6) is -2.58. The fourth-order valence-corrected chi connectivity index (χ4v) is 5.24. The van der Waals surface area contributed by atoms with Crippen LogP contribution in [0.25, 0.3) is 0 Å². The highest BCUT2D eigenvalue weighted by molar-refractivity contribution is 7.89. The molecule has 10 heteroatoms. The maximum Gasteiger partial charge on any atom is 0.326 e. The Hall–Kier alpha value is -2.46. The Morgan fingerprint density at radius 1 is 1.06 bits per heavy atom. The number of carboxylic acids is 1. The third-order valence-corrected chi connectivity index (χ3v) is 7.96. The number of carboxylic acid groups (broad SMARTS) is 1. The van der Waals surface area contributed by atoms with E-state index >= 15 is 0 Å². The fourth-order valence-electron chi connectivity index (χ4n) is 3.94. The molecule has 0 bridgehead atoms. The van der Waals surface area contributed by atoms with Crippen molar-refractivity contribution in [3.63, 3.8) is 0 Å². The van der Waals surface area contributed by atoms with E-state index < -0.39 is 34.0 Å². The van der Waals surface area contributed by atoms with Gasteiger partial charge in [-0.1, -0.05) is 51.8 Å². The van der Waals surface area contributed by atoms with Crippen LogP contribution >= 0.6 is 0 Å². The van der Waals surface area contributed by atoms with Crippen LogP contribution in [-0.2, 0) is 24.4 Å². The lowest BCUT2D eigenvalue weighted by molar-refractivity contribution is -0.144. The lowest BCUT2D eigenvalue weighted by atomic mass is 9.92. The van der Waals surface area contributed by atoms with Gasteiger partial charge in [0, 0.05) is 19.0 Å². The third-order valence-electron chi connectivity index (χ3n) is 6.50. The average molecular weight is 496 g/mol.